The molecule has 2 aromatic heterocycles. The van der Waals surface area contributed by atoms with Crippen LogP contribution >= 0.6 is 11.3 Å². The van der Waals surface area contributed by atoms with Crippen LogP contribution in [0.4, 0.5) is 15.9 Å². The molecule has 0 bridgehead atoms. The van der Waals surface area contributed by atoms with Crippen LogP contribution in [0.3, 0.4) is 0 Å². The topological polar surface area (TPSA) is 62.0 Å². The molecule has 0 spiro atoms. The van der Waals surface area contributed by atoms with Crippen LogP contribution in [0, 0.1) is 5.82 Å². The van der Waals surface area contributed by atoms with Gasteiger partial charge < -0.3 is 5.32 Å². The summed E-state index contributed by atoms with van der Waals surface area (Å²) in [5.74, 6) is 0.495. The fraction of sp³-hybridized carbons (Fsp3) is 0.0526. The standard InChI is InChI=1S/C19H12FN5S/c20-12-2-4-13(5-3-12)22-19-18-15(7-8-26-18)14-6-1-11(9-16(14)23-19)17-10-21-25-24-17/h1-9H,10H2,(H,22,23). The number of halogens is 1. The number of thiophene rings is 1. The minimum Gasteiger partial charge on any atom is -0.339 e. The van der Waals surface area contributed by atoms with Gasteiger partial charge in [0.25, 0.3) is 0 Å². The molecular formula is C19H12FN5S. The molecule has 2 aromatic carbocycles. The van der Waals surface area contributed by atoms with E-state index in [2.05, 4.69) is 32.9 Å². The molecule has 1 N–H and O–H groups in total. The van der Waals surface area contributed by atoms with Crippen molar-refractivity contribution >= 4 is 49.5 Å². The van der Waals surface area contributed by atoms with Gasteiger partial charge in [0.1, 0.15) is 18.2 Å². The van der Waals surface area contributed by atoms with E-state index in [1.54, 1.807) is 23.5 Å². The lowest BCUT2D eigenvalue weighted by Crippen LogP contribution is -2.02. The molecule has 4 aromatic rings. The number of fused-ring (bicyclic) bond motifs is 3. The minimum absolute atomic E-state index is 0.263. The quantitative estimate of drug-likeness (QED) is 0.523. The van der Waals surface area contributed by atoms with Crippen LogP contribution in [0.25, 0.3) is 21.0 Å². The van der Waals surface area contributed by atoms with Gasteiger partial charge in [-0.1, -0.05) is 12.1 Å². The van der Waals surface area contributed by atoms with Gasteiger partial charge in [-0.2, -0.15) is 5.11 Å². The van der Waals surface area contributed by atoms with Gasteiger partial charge in [0.15, 0.2) is 0 Å². The van der Waals surface area contributed by atoms with E-state index in [-0.39, 0.29) is 5.82 Å². The molecule has 1 aliphatic heterocycles. The summed E-state index contributed by atoms with van der Waals surface area (Å²) in [6, 6.07) is 14.5. The van der Waals surface area contributed by atoms with E-state index >= 15 is 0 Å². The van der Waals surface area contributed by atoms with Crippen LogP contribution in [0.2, 0.25) is 0 Å². The van der Waals surface area contributed by atoms with Gasteiger partial charge in [-0.05, 0) is 47.0 Å². The highest BCUT2D eigenvalue weighted by atomic mass is 32.1. The zero-order chi connectivity index (χ0) is 17.5. The third-order valence-electron chi connectivity index (χ3n) is 4.29. The molecule has 0 amide bonds. The Hall–Kier alpha value is -3.19. The molecule has 1 aliphatic rings. The summed E-state index contributed by atoms with van der Waals surface area (Å²) in [6.07, 6.45) is 0. The van der Waals surface area contributed by atoms with Crippen LogP contribution in [-0.4, -0.2) is 17.2 Å². The van der Waals surface area contributed by atoms with Gasteiger partial charge in [0.05, 0.1) is 15.9 Å². The van der Waals surface area contributed by atoms with Gasteiger partial charge in [-0.3, -0.25) is 0 Å². The van der Waals surface area contributed by atoms with Crippen molar-refractivity contribution in [1.82, 2.24) is 4.98 Å². The second-order valence-electron chi connectivity index (χ2n) is 5.92. The highest BCUT2D eigenvalue weighted by Crippen LogP contribution is 2.35. The van der Waals surface area contributed by atoms with Crippen LogP contribution in [0.15, 0.2) is 69.3 Å². The number of hydrogen-bond donors (Lipinski definition) is 1. The van der Waals surface area contributed by atoms with Crippen LogP contribution in [0.1, 0.15) is 5.56 Å². The lowest BCUT2D eigenvalue weighted by molar-refractivity contribution is 0.628. The van der Waals surface area contributed by atoms with Crippen LogP contribution in [0.5, 0.6) is 0 Å². The molecule has 5 rings (SSSR count). The molecule has 0 aliphatic carbocycles. The fourth-order valence-corrected chi connectivity index (χ4v) is 3.88. The highest BCUT2D eigenvalue weighted by Gasteiger charge is 2.13. The SMILES string of the molecule is Fc1ccc(Nc2nc3cc(C4=NN=NC4)ccc3c3ccsc23)cc1. The van der Waals surface area contributed by atoms with Gasteiger partial charge in [-0.25, -0.2) is 9.37 Å². The van der Waals surface area contributed by atoms with Crippen molar-refractivity contribution in [3.05, 3.63) is 65.3 Å². The fourth-order valence-electron chi connectivity index (χ4n) is 3.03. The highest BCUT2D eigenvalue weighted by molar-refractivity contribution is 7.18. The van der Waals surface area contributed by atoms with Crippen LogP contribution in [-0.2, 0) is 0 Å². The van der Waals surface area contributed by atoms with E-state index in [0.717, 1.165) is 43.8 Å². The number of pyridine rings is 1. The van der Waals surface area contributed by atoms with Gasteiger partial charge in [-0.15, -0.1) is 16.4 Å². The van der Waals surface area contributed by atoms with E-state index in [0.29, 0.717) is 6.54 Å². The Balaban J connectivity index is 1.65. The van der Waals surface area contributed by atoms with Crippen molar-refractivity contribution in [2.24, 2.45) is 15.4 Å². The van der Waals surface area contributed by atoms with Crippen molar-refractivity contribution < 1.29 is 4.39 Å². The molecule has 3 heterocycles. The predicted octanol–water partition coefficient (Wildman–Crippen LogP) is 5.50. The Morgan fingerprint density at radius 1 is 1.00 bits per heavy atom. The molecule has 0 saturated carbocycles. The number of benzene rings is 2. The monoisotopic (exact) mass is 361 g/mol. The Bertz CT molecular complexity index is 1190. The van der Waals surface area contributed by atoms with Crippen LogP contribution < -0.4 is 5.32 Å². The second-order valence-corrected chi connectivity index (χ2v) is 6.84. The molecule has 0 saturated heterocycles. The largest absolute Gasteiger partial charge is 0.339 e. The normalized spacial score (nSPS) is 13.5. The smallest absolute Gasteiger partial charge is 0.149 e. The first-order valence-electron chi connectivity index (χ1n) is 8.05. The second kappa shape index (κ2) is 5.96. The predicted molar refractivity (Wildman–Crippen MR) is 103 cm³/mol. The number of nitrogens with zero attached hydrogens (tertiary/aromatic N) is 4. The molecule has 0 unspecified atom stereocenters. The maximum atomic E-state index is 13.2. The Morgan fingerprint density at radius 3 is 2.69 bits per heavy atom. The van der Waals surface area contributed by atoms with Crippen molar-refractivity contribution in [3.63, 3.8) is 0 Å². The van der Waals surface area contributed by atoms with Crippen molar-refractivity contribution in [1.29, 1.82) is 0 Å². The summed E-state index contributed by atoms with van der Waals surface area (Å²) in [4.78, 5) is 4.81. The lowest BCUT2D eigenvalue weighted by Gasteiger charge is -2.10. The third-order valence-corrected chi connectivity index (χ3v) is 5.21. The third kappa shape index (κ3) is 2.53. The molecular weight excluding hydrogens is 349 g/mol. The van der Waals surface area contributed by atoms with Gasteiger partial charge in [0, 0.05) is 22.0 Å². The molecule has 0 radical (unpaired) electrons. The molecule has 7 heteroatoms. The van der Waals surface area contributed by atoms with E-state index < -0.39 is 0 Å². The first-order valence-corrected chi connectivity index (χ1v) is 8.93. The molecule has 5 nitrogen and oxygen atoms in total. The number of aromatic nitrogens is 1. The number of rotatable bonds is 3. The van der Waals surface area contributed by atoms with E-state index in [4.69, 9.17) is 4.98 Å². The van der Waals surface area contributed by atoms with Crippen molar-refractivity contribution in [2.75, 3.05) is 11.9 Å². The zero-order valence-electron chi connectivity index (χ0n) is 13.5. The van der Waals surface area contributed by atoms with Crippen molar-refractivity contribution in [3.8, 4) is 0 Å². The summed E-state index contributed by atoms with van der Waals surface area (Å²) >= 11 is 1.63. The minimum atomic E-state index is -0.263. The van der Waals surface area contributed by atoms with E-state index in [9.17, 15) is 4.39 Å². The Kier molecular flexibility index (Phi) is 3.46. The average molecular weight is 361 g/mol. The average Bonchev–Trinajstić information content (AvgIpc) is 3.35. The summed E-state index contributed by atoms with van der Waals surface area (Å²) in [5.41, 5.74) is 3.47. The summed E-state index contributed by atoms with van der Waals surface area (Å²) in [6.45, 7) is 0.493. The van der Waals surface area contributed by atoms with E-state index in [1.807, 2.05) is 17.5 Å². The molecule has 26 heavy (non-hydrogen) atoms. The maximum absolute atomic E-state index is 13.2. The van der Waals surface area contributed by atoms with Crippen molar-refractivity contribution in [2.45, 2.75) is 0 Å². The zero-order valence-corrected chi connectivity index (χ0v) is 14.3. The van der Waals surface area contributed by atoms with E-state index in [1.165, 1.54) is 12.1 Å². The first-order chi connectivity index (χ1) is 12.8. The van der Waals surface area contributed by atoms with Gasteiger partial charge in [0.2, 0.25) is 0 Å². The Labute approximate surface area is 151 Å². The molecule has 0 atom stereocenters. The first kappa shape index (κ1) is 15.1. The number of anilines is 2. The molecule has 126 valence electrons. The summed E-state index contributed by atoms with van der Waals surface area (Å²) < 4.78 is 14.2. The maximum Gasteiger partial charge on any atom is 0.149 e. The summed E-state index contributed by atoms with van der Waals surface area (Å²) in [5, 5.41) is 19.2. The number of hydrogen-bond acceptors (Lipinski definition) is 6. The number of nitrogens with one attached hydrogen (secondary N) is 1. The molecule has 0 fully saturated rings. The van der Waals surface area contributed by atoms with Gasteiger partial charge >= 0.3 is 0 Å². The Morgan fingerprint density at radius 2 is 1.88 bits per heavy atom. The lowest BCUT2D eigenvalue weighted by atomic mass is 10.1. The summed E-state index contributed by atoms with van der Waals surface area (Å²) in [7, 11) is 0.